The largest absolute Gasteiger partial charge is 0.494 e. The van der Waals surface area contributed by atoms with E-state index in [-0.39, 0.29) is 23.1 Å². The number of hydrogen-bond donors (Lipinski definition) is 3. The lowest BCUT2D eigenvalue weighted by molar-refractivity contribution is -0.116. The molecule has 10 nitrogen and oxygen atoms in total. The number of anilines is 2. The van der Waals surface area contributed by atoms with E-state index < -0.39 is 23.6 Å². The molecule has 2 amide bonds. The third-order valence-electron chi connectivity index (χ3n) is 5.26. The number of ether oxygens (including phenoxy) is 2. The van der Waals surface area contributed by atoms with E-state index in [0.29, 0.717) is 22.3 Å². The summed E-state index contributed by atoms with van der Waals surface area (Å²) in [6.07, 6.45) is 0. The third-order valence-corrected chi connectivity index (χ3v) is 5.26. The molecule has 178 valence electrons. The Morgan fingerprint density at radius 1 is 0.857 bits per heavy atom. The Balaban J connectivity index is 1.61. The van der Waals surface area contributed by atoms with Crippen molar-refractivity contribution in [3.63, 3.8) is 0 Å². The number of aromatic amines is 1. The lowest BCUT2D eigenvalue weighted by Crippen LogP contribution is -2.38. The fraction of sp³-hybridized carbons (Fsp3) is 0.120. The number of para-hydroxylation sites is 2. The number of amides is 2. The van der Waals surface area contributed by atoms with Crippen molar-refractivity contribution in [1.29, 1.82) is 0 Å². The zero-order chi connectivity index (χ0) is 24.9. The van der Waals surface area contributed by atoms with Crippen molar-refractivity contribution in [3.8, 4) is 11.5 Å². The minimum atomic E-state index is -0.845. The number of carbonyl (C=O) groups excluding carboxylic acids is 2. The SMILES string of the molecule is COc1cc(NC(=O)c2ccccc2)c(OC)cc1NC(=O)Cn1c(=O)c(=O)[nH]c2ccccc21. The number of nitrogens with one attached hydrogen (secondary N) is 3. The minimum absolute atomic E-state index is 0.255. The average molecular weight is 474 g/mol. The summed E-state index contributed by atoms with van der Waals surface area (Å²) >= 11 is 0. The van der Waals surface area contributed by atoms with E-state index in [0.717, 1.165) is 4.57 Å². The van der Waals surface area contributed by atoms with E-state index in [4.69, 9.17) is 9.47 Å². The fourth-order valence-corrected chi connectivity index (χ4v) is 3.59. The maximum absolute atomic E-state index is 12.9. The number of aromatic nitrogens is 2. The highest BCUT2D eigenvalue weighted by Crippen LogP contribution is 2.36. The summed E-state index contributed by atoms with van der Waals surface area (Å²) in [4.78, 5) is 52.4. The number of H-pyrrole nitrogens is 1. The molecule has 35 heavy (non-hydrogen) atoms. The van der Waals surface area contributed by atoms with Crippen LogP contribution >= 0.6 is 0 Å². The Labute approximate surface area is 199 Å². The van der Waals surface area contributed by atoms with Crippen LogP contribution in [0.5, 0.6) is 11.5 Å². The summed E-state index contributed by atoms with van der Waals surface area (Å²) in [5.74, 6) is -0.373. The molecule has 1 aromatic heterocycles. The Bertz CT molecular complexity index is 1530. The Kier molecular flexibility index (Phi) is 6.63. The van der Waals surface area contributed by atoms with E-state index in [9.17, 15) is 19.2 Å². The molecular weight excluding hydrogens is 452 g/mol. The average Bonchev–Trinajstić information content (AvgIpc) is 2.87. The quantitative estimate of drug-likeness (QED) is 0.353. The van der Waals surface area contributed by atoms with Gasteiger partial charge in [-0.15, -0.1) is 0 Å². The molecule has 4 aromatic rings. The highest BCUT2D eigenvalue weighted by molar-refractivity contribution is 6.05. The number of fused-ring (bicyclic) bond motifs is 1. The number of hydrogen-bond acceptors (Lipinski definition) is 6. The molecule has 0 aliphatic rings. The van der Waals surface area contributed by atoms with Gasteiger partial charge < -0.3 is 25.1 Å². The molecule has 0 spiro atoms. The normalized spacial score (nSPS) is 10.6. The molecule has 3 aromatic carbocycles. The maximum atomic E-state index is 12.9. The third kappa shape index (κ3) is 4.91. The van der Waals surface area contributed by atoms with Crippen LogP contribution in [-0.4, -0.2) is 35.6 Å². The van der Waals surface area contributed by atoms with Crippen molar-refractivity contribution < 1.29 is 19.1 Å². The van der Waals surface area contributed by atoms with E-state index >= 15 is 0 Å². The van der Waals surface area contributed by atoms with Crippen molar-refractivity contribution >= 4 is 34.2 Å². The number of rotatable bonds is 7. The molecule has 0 saturated heterocycles. The van der Waals surface area contributed by atoms with Gasteiger partial charge in [0.15, 0.2) is 0 Å². The van der Waals surface area contributed by atoms with E-state index in [2.05, 4.69) is 15.6 Å². The van der Waals surface area contributed by atoms with Crippen molar-refractivity contribution in [3.05, 3.63) is 93.0 Å². The molecular formula is C25H22N4O6. The van der Waals surface area contributed by atoms with Gasteiger partial charge in [-0.3, -0.25) is 23.7 Å². The van der Waals surface area contributed by atoms with Crippen molar-refractivity contribution in [2.75, 3.05) is 24.9 Å². The zero-order valence-corrected chi connectivity index (χ0v) is 19.0. The molecule has 0 radical (unpaired) electrons. The first-order chi connectivity index (χ1) is 16.9. The molecule has 0 unspecified atom stereocenters. The molecule has 10 heteroatoms. The van der Waals surface area contributed by atoms with Crippen LogP contribution in [0.25, 0.3) is 11.0 Å². The van der Waals surface area contributed by atoms with Crippen molar-refractivity contribution in [2.24, 2.45) is 0 Å². The van der Waals surface area contributed by atoms with Gasteiger partial charge in [-0.25, -0.2) is 0 Å². The number of nitrogens with zero attached hydrogens (tertiary/aromatic N) is 1. The van der Waals surface area contributed by atoms with Crippen LogP contribution in [0.3, 0.4) is 0 Å². The van der Waals surface area contributed by atoms with Crippen LogP contribution < -0.4 is 31.2 Å². The number of methoxy groups -OCH3 is 2. The molecule has 1 heterocycles. The van der Waals surface area contributed by atoms with Crippen LogP contribution in [0.1, 0.15) is 10.4 Å². The lowest BCUT2D eigenvalue weighted by atomic mass is 10.2. The van der Waals surface area contributed by atoms with E-state index in [1.54, 1.807) is 54.6 Å². The topological polar surface area (TPSA) is 132 Å². The Hall–Kier alpha value is -4.86. The standard InChI is InChI=1S/C25H22N4O6/c1-34-20-13-18(28-23(31)15-8-4-3-5-9-15)21(35-2)12-17(20)26-22(30)14-29-19-11-7-6-10-16(19)27-24(32)25(29)33/h3-13H,14H2,1-2H3,(H,26,30)(H,27,32)(H,28,31). The zero-order valence-electron chi connectivity index (χ0n) is 19.0. The molecule has 0 aliphatic carbocycles. The summed E-state index contributed by atoms with van der Waals surface area (Å²) in [5.41, 5.74) is 0.235. The first kappa shape index (κ1) is 23.3. The monoisotopic (exact) mass is 474 g/mol. The second kappa shape index (κ2) is 9.96. The fourth-order valence-electron chi connectivity index (χ4n) is 3.59. The predicted molar refractivity (Wildman–Crippen MR) is 131 cm³/mol. The molecule has 0 aliphatic heterocycles. The van der Waals surface area contributed by atoms with Crippen molar-refractivity contribution in [1.82, 2.24) is 9.55 Å². The summed E-state index contributed by atoms with van der Waals surface area (Å²) in [6, 6.07) is 18.4. The van der Waals surface area contributed by atoms with Gasteiger partial charge in [0.05, 0.1) is 36.6 Å². The Morgan fingerprint density at radius 3 is 2.11 bits per heavy atom. The second-order valence-corrected chi connectivity index (χ2v) is 7.48. The van der Waals surface area contributed by atoms with Gasteiger partial charge in [0.2, 0.25) is 5.91 Å². The molecule has 4 rings (SSSR count). The smallest absolute Gasteiger partial charge is 0.317 e. The van der Waals surface area contributed by atoms with Crippen molar-refractivity contribution in [2.45, 2.75) is 6.54 Å². The van der Waals surface area contributed by atoms with Crippen LogP contribution in [-0.2, 0) is 11.3 Å². The van der Waals surface area contributed by atoms with Gasteiger partial charge in [0, 0.05) is 17.7 Å². The second-order valence-electron chi connectivity index (χ2n) is 7.48. The summed E-state index contributed by atoms with van der Waals surface area (Å²) in [5, 5.41) is 5.45. The highest BCUT2D eigenvalue weighted by Gasteiger charge is 2.17. The summed E-state index contributed by atoms with van der Waals surface area (Å²) in [6.45, 7) is -0.402. The molecule has 0 fully saturated rings. The van der Waals surface area contributed by atoms with Gasteiger partial charge >= 0.3 is 11.1 Å². The number of carbonyl (C=O) groups is 2. The Morgan fingerprint density at radius 2 is 1.46 bits per heavy atom. The molecule has 0 bridgehead atoms. The number of benzene rings is 3. The lowest BCUT2D eigenvalue weighted by Gasteiger charge is -2.17. The van der Waals surface area contributed by atoms with Crippen LogP contribution in [0.15, 0.2) is 76.3 Å². The first-order valence-corrected chi connectivity index (χ1v) is 10.6. The summed E-state index contributed by atoms with van der Waals surface area (Å²) < 4.78 is 11.9. The minimum Gasteiger partial charge on any atom is -0.494 e. The van der Waals surface area contributed by atoms with Gasteiger partial charge in [-0.1, -0.05) is 30.3 Å². The first-order valence-electron chi connectivity index (χ1n) is 10.6. The van der Waals surface area contributed by atoms with Gasteiger partial charge in [-0.05, 0) is 24.3 Å². The van der Waals surface area contributed by atoms with Gasteiger partial charge in [0.1, 0.15) is 18.0 Å². The maximum Gasteiger partial charge on any atom is 0.317 e. The van der Waals surface area contributed by atoms with Gasteiger partial charge in [0.25, 0.3) is 5.91 Å². The van der Waals surface area contributed by atoms with E-state index in [1.807, 2.05) is 0 Å². The van der Waals surface area contributed by atoms with Gasteiger partial charge in [-0.2, -0.15) is 0 Å². The van der Waals surface area contributed by atoms with Crippen LogP contribution in [0.2, 0.25) is 0 Å². The van der Waals surface area contributed by atoms with Crippen LogP contribution in [0.4, 0.5) is 11.4 Å². The predicted octanol–water partition coefficient (Wildman–Crippen LogP) is 2.60. The molecule has 3 N–H and O–H groups in total. The molecule has 0 atom stereocenters. The highest BCUT2D eigenvalue weighted by atomic mass is 16.5. The van der Waals surface area contributed by atoms with E-state index in [1.165, 1.54) is 26.4 Å². The summed E-state index contributed by atoms with van der Waals surface area (Å²) in [7, 11) is 2.84. The molecule has 0 saturated carbocycles. The van der Waals surface area contributed by atoms with Crippen LogP contribution in [0, 0.1) is 0 Å².